The molecule has 0 spiro atoms. The minimum atomic E-state index is -0.506. The molecule has 0 amide bonds. The second kappa shape index (κ2) is 5.45. The number of ether oxygens (including phenoxy) is 1. The highest BCUT2D eigenvalue weighted by Crippen LogP contribution is 2.29. The second-order valence-corrected chi connectivity index (χ2v) is 5.21. The Balaban J connectivity index is 1.68. The summed E-state index contributed by atoms with van der Waals surface area (Å²) in [6.45, 7) is 2.59. The Hall–Kier alpha value is -2.54. The zero-order valence-corrected chi connectivity index (χ0v) is 11.7. The van der Waals surface area contributed by atoms with E-state index in [1.807, 2.05) is 18.2 Å². The highest BCUT2D eigenvalue weighted by molar-refractivity contribution is 5.58. The van der Waals surface area contributed by atoms with E-state index in [0.717, 1.165) is 12.2 Å². The van der Waals surface area contributed by atoms with Gasteiger partial charge in [-0.1, -0.05) is 23.8 Å². The van der Waals surface area contributed by atoms with Crippen molar-refractivity contribution in [3.63, 3.8) is 0 Å². The number of nitriles is 1. The molecule has 0 aliphatic carbocycles. The number of nitrogens with zero attached hydrogens (tertiary/aromatic N) is 1. The molecule has 0 saturated carbocycles. The fourth-order valence-corrected chi connectivity index (χ4v) is 2.57. The Labute approximate surface area is 123 Å². The minimum Gasteiger partial charge on any atom is -0.488 e. The lowest BCUT2D eigenvalue weighted by atomic mass is 10.1. The Morgan fingerprint density at radius 2 is 2.24 bits per heavy atom. The van der Waals surface area contributed by atoms with Crippen molar-refractivity contribution >= 4 is 5.69 Å². The fraction of sp³-hybridized carbons (Fsp3) is 0.235. The van der Waals surface area contributed by atoms with Gasteiger partial charge in [0.05, 0.1) is 12.2 Å². The highest BCUT2D eigenvalue weighted by Gasteiger charge is 2.22. The number of nitrogens with one attached hydrogen (secondary N) is 1. The van der Waals surface area contributed by atoms with Gasteiger partial charge in [0.1, 0.15) is 29.3 Å². The molecule has 3 nitrogen and oxygen atoms in total. The van der Waals surface area contributed by atoms with Crippen molar-refractivity contribution in [2.75, 3.05) is 11.9 Å². The van der Waals surface area contributed by atoms with Crippen LogP contribution in [0, 0.1) is 24.1 Å². The summed E-state index contributed by atoms with van der Waals surface area (Å²) in [5, 5.41) is 12.1. The normalized spacial score (nSPS) is 16.0. The number of halogens is 1. The van der Waals surface area contributed by atoms with Crippen LogP contribution in [0.5, 0.6) is 5.75 Å². The van der Waals surface area contributed by atoms with Crippen molar-refractivity contribution < 1.29 is 9.13 Å². The van der Waals surface area contributed by atoms with Crippen LogP contribution in [-0.4, -0.2) is 12.6 Å². The summed E-state index contributed by atoms with van der Waals surface area (Å²) in [7, 11) is 0. The topological polar surface area (TPSA) is 45.0 Å². The monoisotopic (exact) mass is 282 g/mol. The van der Waals surface area contributed by atoms with Crippen LogP contribution in [0.25, 0.3) is 0 Å². The lowest BCUT2D eigenvalue weighted by Gasteiger charge is -2.14. The van der Waals surface area contributed by atoms with Crippen LogP contribution in [0.2, 0.25) is 0 Å². The SMILES string of the molecule is Cc1ccc2c(c1)CC(CNc1cccc(F)c1C#N)O2. The Morgan fingerprint density at radius 3 is 3.05 bits per heavy atom. The lowest BCUT2D eigenvalue weighted by Crippen LogP contribution is -2.24. The van der Waals surface area contributed by atoms with Crippen molar-refractivity contribution in [2.45, 2.75) is 19.4 Å². The van der Waals surface area contributed by atoms with Crippen LogP contribution in [-0.2, 0) is 6.42 Å². The van der Waals surface area contributed by atoms with Crippen LogP contribution < -0.4 is 10.1 Å². The highest BCUT2D eigenvalue weighted by atomic mass is 19.1. The molecule has 1 N–H and O–H groups in total. The van der Waals surface area contributed by atoms with Crippen molar-refractivity contribution in [1.82, 2.24) is 0 Å². The average molecular weight is 282 g/mol. The number of anilines is 1. The maximum absolute atomic E-state index is 13.5. The van der Waals surface area contributed by atoms with E-state index in [-0.39, 0.29) is 11.7 Å². The number of benzene rings is 2. The van der Waals surface area contributed by atoms with E-state index in [9.17, 15) is 4.39 Å². The molecule has 0 bridgehead atoms. The number of hydrogen-bond acceptors (Lipinski definition) is 3. The van der Waals surface area contributed by atoms with E-state index in [2.05, 4.69) is 18.3 Å². The molecule has 2 aromatic carbocycles. The molecular formula is C17H15FN2O. The van der Waals surface area contributed by atoms with Crippen LogP contribution in [0.15, 0.2) is 36.4 Å². The molecule has 0 aromatic heterocycles. The molecule has 4 heteroatoms. The average Bonchev–Trinajstić information content (AvgIpc) is 2.87. The predicted molar refractivity (Wildman–Crippen MR) is 78.9 cm³/mol. The van der Waals surface area contributed by atoms with Gasteiger partial charge in [-0.15, -0.1) is 0 Å². The van der Waals surface area contributed by atoms with Gasteiger partial charge in [-0.25, -0.2) is 4.39 Å². The second-order valence-electron chi connectivity index (χ2n) is 5.21. The zero-order chi connectivity index (χ0) is 14.8. The summed E-state index contributed by atoms with van der Waals surface area (Å²) in [5.41, 5.74) is 2.96. The summed E-state index contributed by atoms with van der Waals surface area (Å²) in [4.78, 5) is 0. The first kappa shape index (κ1) is 13.4. The molecule has 0 fully saturated rings. The van der Waals surface area contributed by atoms with Crippen molar-refractivity contribution in [3.05, 3.63) is 58.9 Å². The first-order chi connectivity index (χ1) is 10.2. The third-order valence-corrected chi connectivity index (χ3v) is 3.60. The third-order valence-electron chi connectivity index (χ3n) is 3.60. The number of hydrogen-bond donors (Lipinski definition) is 1. The van der Waals surface area contributed by atoms with Gasteiger partial charge in [0.15, 0.2) is 0 Å². The van der Waals surface area contributed by atoms with Crippen LogP contribution in [0.3, 0.4) is 0 Å². The fourth-order valence-electron chi connectivity index (χ4n) is 2.57. The summed E-state index contributed by atoms with van der Waals surface area (Å²) in [6.07, 6.45) is 0.818. The van der Waals surface area contributed by atoms with Gasteiger partial charge in [0, 0.05) is 6.42 Å². The minimum absolute atomic E-state index is 0.00314. The van der Waals surface area contributed by atoms with Gasteiger partial charge in [0.2, 0.25) is 0 Å². The van der Waals surface area contributed by atoms with E-state index >= 15 is 0 Å². The maximum Gasteiger partial charge on any atom is 0.143 e. The Kier molecular flexibility index (Phi) is 3.49. The van der Waals surface area contributed by atoms with Gasteiger partial charge < -0.3 is 10.1 Å². The summed E-state index contributed by atoms with van der Waals surface area (Å²) in [6, 6.07) is 12.6. The van der Waals surface area contributed by atoms with E-state index < -0.39 is 5.82 Å². The molecule has 1 atom stereocenters. The first-order valence-electron chi connectivity index (χ1n) is 6.86. The Bertz CT molecular complexity index is 721. The lowest BCUT2D eigenvalue weighted by molar-refractivity contribution is 0.246. The van der Waals surface area contributed by atoms with E-state index in [4.69, 9.17) is 10.00 Å². The van der Waals surface area contributed by atoms with Crippen LogP contribution in [0.1, 0.15) is 16.7 Å². The van der Waals surface area contributed by atoms with Gasteiger partial charge in [-0.3, -0.25) is 0 Å². The molecule has 1 heterocycles. The van der Waals surface area contributed by atoms with Gasteiger partial charge in [-0.2, -0.15) is 5.26 Å². The zero-order valence-electron chi connectivity index (χ0n) is 11.7. The standard InChI is InChI=1S/C17H15FN2O/c1-11-5-6-17-12(7-11)8-13(21-17)10-20-16-4-2-3-15(18)14(16)9-19/h2-7,13,20H,8,10H2,1H3. The van der Waals surface area contributed by atoms with Gasteiger partial charge in [0.25, 0.3) is 0 Å². The van der Waals surface area contributed by atoms with Crippen molar-refractivity contribution in [1.29, 1.82) is 5.26 Å². The van der Waals surface area contributed by atoms with E-state index in [1.165, 1.54) is 17.2 Å². The number of aryl methyl sites for hydroxylation is 1. The van der Waals surface area contributed by atoms with Gasteiger partial charge in [-0.05, 0) is 30.7 Å². The molecule has 1 unspecified atom stereocenters. The van der Waals surface area contributed by atoms with E-state index in [1.54, 1.807) is 12.1 Å². The molecule has 3 rings (SSSR count). The smallest absolute Gasteiger partial charge is 0.143 e. The van der Waals surface area contributed by atoms with Gasteiger partial charge >= 0.3 is 0 Å². The van der Waals surface area contributed by atoms with Crippen molar-refractivity contribution in [2.24, 2.45) is 0 Å². The summed E-state index contributed by atoms with van der Waals surface area (Å²) in [5.74, 6) is 0.404. The molecule has 0 radical (unpaired) electrons. The van der Waals surface area contributed by atoms with Crippen LogP contribution >= 0.6 is 0 Å². The molecular weight excluding hydrogens is 267 g/mol. The van der Waals surface area contributed by atoms with Crippen molar-refractivity contribution in [3.8, 4) is 11.8 Å². The maximum atomic E-state index is 13.5. The molecule has 0 saturated heterocycles. The third kappa shape index (κ3) is 2.68. The Morgan fingerprint density at radius 1 is 1.38 bits per heavy atom. The first-order valence-corrected chi connectivity index (χ1v) is 6.86. The summed E-state index contributed by atoms with van der Waals surface area (Å²) < 4.78 is 19.4. The quantitative estimate of drug-likeness (QED) is 0.938. The molecule has 106 valence electrons. The largest absolute Gasteiger partial charge is 0.488 e. The molecule has 2 aromatic rings. The molecule has 1 aliphatic rings. The number of fused-ring (bicyclic) bond motifs is 1. The summed E-state index contributed by atoms with van der Waals surface area (Å²) >= 11 is 0. The molecule has 1 aliphatic heterocycles. The van der Waals surface area contributed by atoms with E-state index in [0.29, 0.717) is 12.2 Å². The van der Waals surface area contributed by atoms with Crippen LogP contribution in [0.4, 0.5) is 10.1 Å². The predicted octanol–water partition coefficient (Wildman–Crippen LogP) is 3.42. The molecule has 21 heavy (non-hydrogen) atoms. The number of rotatable bonds is 3.